The number of hydrogen-bond acceptors (Lipinski definition) is 5. The molecule has 2 aromatic rings. The fraction of sp³-hybridized carbons (Fsp3) is 0.250. The Morgan fingerprint density at radius 1 is 1.40 bits per heavy atom. The molecule has 108 valence electrons. The maximum Gasteiger partial charge on any atom is 0.241 e. The molecule has 0 amide bonds. The second kappa shape index (κ2) is 5.69. The molecule has 20 heavy (non-hydrogen) atoms. The lowest BCUT2D eigenvalue weighted by atomic mass is 10.2. The number of aryl methyl sites for hydroxylation is 2. The SMILES string of the molecule is Cc1cnc(CNS(=O)(=O)c2cc(N)c(Cl)cc2C)s1. The van der Waals surface area contributed by atoms with Crippen molar-refractivity contribution in [2.45, 2.75) is 25.3 Å². The standard InChI is InChI=1S/C12H14ClN3O2S2/c1-7-3-9(13)10(14)4-11(7)20(17,18)16-6-12-15-5-8(2)19-12/h3-5,16H,6,14H2,1-2H3. The molecule has 0 saturated carbocycles. The summed E-state index contributed by atoms with van der Waals surface area (Å²) in [6.45, 7) is 3.75. The van der Waals surface area contributed by atoms with E-state index in [0.29, 0.717) is 15.6 Å². The van der Waals surface area contributed by atoms with Crippen LogP contribution in [-0.2, 0) is 16.6 Å². The van der Waals surface area contributed by atoms with Crippen LogP contribution in [0.2, 0.25) is 5.02 Å². The van der Waals surface area contributed by atoms with E-state index in [2.05, 4.69) is 9.71 Å². The van der Waals surface area contributed by atoms with Gasteiger partial charge in [0.1, 0.15) is 5.01 Å². The number of halogens is 1. The maximum atomic E-state index is 12.3. The van der Waals surface area contributed by atoms with Gasteiger partial charge in [-0.25, -0.2) is 18.1 Å². The Kier molecular flexibility index (Phi) is 4.33. The summed E-state index contributed by atoms with van der Waals surface area (Å²) < 4.78 is 27.0. The maximum absolute atomic E-state index is 12.3. The Morgan fingerprint density at radius 3 is 2.70 bits per heavy atom. The zero-order valence-electron chi connectivity index (χ0n) is 11.0. The third kappa shape index (κ3) is 3.29. The highest BCUT2D eigenvalue weighted by molar-refractivity contribution is 7.89. The molecule has 0 radical (unpaired) electrons. The summed E-state index contributed by atoms with van der Waals surface area (Å²) in [7, 11) is -3.64. The first kappa shape index (κ1) is 15.2. The number of anilines is 1. The van der Waals surface area contributed by atoms with Gasteiger partial charge in [0.2, 0.25) is 10.0 Å². The van der Waals surface area contributed by atoms with Gasteiger partial charge in [-0.2, -0.15) is 0 Å². The minimum absolute atomic E-state index is 0.132. The number of rotatable bonds is 4. The van der Waals surface area contributed by atoms with E-state index >= 15 is 0 Å². The van der Waals surface area contributed by atoms with Crippen molar-refractivity contribution in [3.63, 3.8) is 0 Å². The van der Waals surface area contributed by atoms with Gasteiger partial charge < -0.3 is 5.73 Å². The molecule has 8 heteroatoms. The number of thiazole rings is 1. The molecule has 2 rings (SSSR count). The van der Waals surface area contributed by atoms with Gasteiger partial charge in [-0.15, -0.1) is 11.3 Å². The van der Waals surface area contributed by atoms with E-state index in [0.717, 1.165) is 4.88 Å². The summed E-state index contributed by atoms with van der Waals surface area (Å²) in [5, 5.41) is 1.06. The predicted octanol–water partition coefficient (Wildman–Crippen LogP) is 2.47. The van der Waals surface area contributed by atoms with Crippen molar-refractivity contribution in [1.29, 1.82) is 0 Å². The molecule has 0 aliphatic carbocycles. The van der Waals surface area contributed by atoms with Gasteiger partial charge in [0.05, 0.1) is 22.2 Å². The molecule has 3 N–H and O–H groups in total. The molecule has 5 nitrogen and oxygen atoms in total. The monoisotopic (exact) mass is 331 g/mol. The van der Waals surface area contributed by atoms with Crippen LogP contribution in [0.3, 0.4) is 0 Å². The summed E-state index contributed by atoms with van der Waals surface area (Å²) in [4.78, 5) is 5.28. The van der Waals surface area contributed by atoms with Crippen molar-refractivity contribution in [2.75, 3.05) is 5.73 Å². The lowest BCUT2D eigenvalue weighted by molar-refractivity contribution is 0.580. The van der Waals surface area contributed by atoms with Gasteiger partial charge in [0.25, 0.3) is 0 Å². The highest BCUT2D eigenvalue weighted by Crippen LogP contribution is 2.26. The molecular formula is C12H14ClN3O2S2. The van der Waals surface area contributed by atoms with E-state index in [1.54, 1.807) is 19.2 Å². The van der Waals surface area contributed by atoms with Crippen LogP contribution in [-0.4, -0.2) is 13.4 Å². The molecular weight excluding hydrogens is 318 g/mol. The summed E-state index contributed by atoms with van der Waals surface area (Å²) in [6.07, 6.45) is 1.71. The number of aromatic nitrogens is 1. The summed E-state index contributed by atoms with van der Waals surface area (Å²) in [5.41, 5.74) is 6.45. The smallest absolute Gasteiger partial charge is 0.241 e. The largest absolute Gasteiger partial charge is 0.397 e. The molecule has 0 unspecified atom stereocenters. The number of nitrogens with one attached hydrogen (secondary N) is 1. The third-order valence-electron chi connectivity index (χ3n) is 2.67. The van der Waals surface area contributed by atoms with Gasteiger partial charge in [-0.3, -0.25) is 0 Å². The quantitative estimate of drug-likeness (QED) is 0.843. The van der Waals surface area contributed by atoms with Gasteiger partial charge in [0.15, 0.2) is 0 Å². The average molecular weight is 332 g/mol. The van der Waals surface area contributed by atoms with Crippen LogP contribution in [0.1, 0.15) is 15.4 Å². The Morgan fingerprint density at radius 2 is 2.10 bits per heavy atom. The van der Waals surface area contributed by atoms with E-state index in [-0.39, 0.29) is 17.1 Å². The van der Waals surface area contributed by atoms with Gasteiger partial charge in [-0.1, -0.05) is 11.6 Å². The number of nitrogen functional groups attached to an aromatic ring is 1. The van der Waals surface area contributed by atoms with E-state index in [9.17, 15) is 8.42 Å². The van der Waals surface area contributed by atoms with Crippen LogP contribution in [0.4, 0.5) is 5.69 Å². The first-order chi connectivity index (χ1) is 9.29. The van der Waals surface area contributed by atoms with Crippen molar-refractivity contribution in [3.8, 4) is 0 Å². The zero-order valence-corrected chi connectivity index (χ0v) is 13.4. The van der Waals surface area contributed by atoms with Crippen LogP contribution in [0.5, 0.6) is 0 Å². The molecule has 0 bridgehead atoms. The summed E-state index contributed by atoms with van der Waals surface area (Å²) >= 11 is 7.31. The van der Waals surface area contributed by atoms with Crippen LogP contribution in [0.25, 0.3) is 0 Å². The van der Waals surface area contributed by atoms with Crippen molar-refractivity contribution >= 4 is 38.6 Å². The second-order valence-electron chi connectivity index (χ2n) is 4.33. The molecule has 0 spiro atoms. The predicted molar refractivity (Wildman–Crippen MR) is 81.5 cm³/mol. The molecule has 1 aromatic heterocycles. The fourth-order valence-corrected chi connectivity index (χ4v) is 3.96. The summed E-state index contributed by atoms with van der Waals surface area (Å²) in [6, 6.07) is 2.91. The second-order valence-corrected chi connectivity index (χ2v) is 7.79. The topological polar surface area (TPSA) is 85.1 Å². The van der Waals surface area contributed by atoms with Gasteiger partial charge in [0, 0.05) is 11.1 Å². The van der Waals surface area contributed by atoms with Crippen molar-refractivity contribution in [1.82, 2.24) is 9.71 Å². The number of nitrogens with two attached hydrogens (primary N) is 1. The lowest BCUT2D eigenvalue weighted by Crippen LogP contribution is -2.24. The number of hydrogen-bond donors (Lipinski definition) is 2. The molecule has 0 aliphatic heterocycles. The zero-order chi connectivity index (χ0) is 14.9. The number of sulfonamides is 1. The Balaban J connectivity index is 2.24. The molecule has 1 heterocycles. The highest BCUT2D eigenvalue weighted by Gasteiger charge is 2.18. The number of benzene rings is 1. The van der Waals surface area contributed by atoms with Crippen molar-refractivity contribution in [2.24, 2.45) is 0 Å². The minimum Gasteiger partial charge on any atom is -0.397 e. The molecule has 0 saturated heterocycles. The molecule has 0 atom stereocenters. The van der Waals surface area contributed by atoms with Crippen LogP contribution in [0, 0.1) is 13.8 Å². The van der Waals surface area contributed by atoms with Crippen molar-refractivity contribution in [3.05, 3.63) is 38.8 Å². The van der Waals surface area contributed by atoms with Gasteiger partial charge >= 0.3 is 0 Å². The van der Waals surface area contributed by atoms with E-state index in [4.69, 9.17) is 17.3 Å². The van der Waals surface area contributed by atoms with Crippen LogP contribution < -0.4 is 10.5 Å². The van der Waals surface area contributed by atoms with Gasteiger partial charge in [-0.05, 0) is 31.5 Å². The highest BCUT2D eigenvalue weighted by atomic mass is 35.5. The first-order valence-electron chi connectivity index (χ1n) is 5.76. The molecule has 0 aliphatic rings. The van der Waals surface area contributed by atoms with Crippen LogP contribution in [0.15, 0.2) is 23.2 Å². The fourth-order valence-electron chi connectivity index (χ4n) is 1.68. The molecule has 1 aromatic carbocycles. The first-order valence-corrected chi connectivity index (χ1v) is 8.44. The third-order valence-corrected chi connectivity index (χ3v) is 5.45. The Bertz CT molecular complexity index is 741. The van der Waals surface area contributed by atoms with E-state index < -0.39 is 10.0 Å². The summed E-state index contributed by atoms with van der Waals surface area (Å²) in [5.74, 6) is 0. The number of nitrogens with zero attached hydrogens (tertiary/aromatic N) is 1. The van der Waals surface area contributed by atoms with E-state index in [1.807, 2.05) is 6.92 Å². The molecule has 0 fully saturated rings. The van der Waals surface area contributed by atoms with Crippen LogP contribution >= 0.6 is 22.9 Å². The Labute approximate surface area is 126 Å². The lowest BCUT2D eigenvalue weighted by Gasteiger charge is -2.10. The van der Waals surface area contributed by atoms with Crippen molar-refractivity contribution < 1.29 is 8.42 Å². The Hall–Kier alpha value is -1.15. The average Bonchev–Trinajstić information content (AvgIpc) is 2.77. The normalized spacial score (nSPS) is 11.8. The minimum atomic E-state index is -3.64. The van der Waals surface area contributed by atoms with E-state index in [1.165, 1.54) is 17.4 Å².